The molecular weight excluding hydrogens is 236 g/mol. The summed E-state index contributed by atoms with van der Waals surface area (Å²) in [6, 6.07) is 4.81. The summed E-state index contributed by atoms with van der Waals surface area (Å²) in [5.41, 5.74) is 3.38. The first-order valence-electron chi connectivity index (χ1n) is 6.66. The molecule has 0 atom stereocenters. The van der Waals surface area contributed by atoms with Crippen LogP contribution in [0.3, 0.4) is 0 Å². The van der Waals surface area contributed by atoms with Gasteiger partial charge in [-0.1, -0.05) is 53.7 Å². The van der Waals surface area contributed by atoms with Crippen molar-refractivity contribution in [1.29, 1.82) is 0 Å². The number of thioether (sulfide) groups is 1. The minimum atomic E-state index is 0.202. The summed E-state index contributed by atoms with van der Waals surface area (Å²) in [6.45, 7) is 13.9. The fourth-order valence-corrected chi connectivity index (χ4v) is 3.18. The van der Waals surface area contributed by atoms with Gasteiger partial charge in [-0.05, 0) is 43.9 Å². The van der Waals surface area contributed by atoms with E-state index in [4.69, 9.17) is 0 Å². The maximum Gasteiger partial charge on any atom is 0.0164 e. The van der Waals surface area contributed by atoms with Crippen LogP contribution in [0.1, 0.15) is 52.7 Å². The second-order valence-electron chi connectivity index (χ2n) is 7.18. The fourth-order valence-electron chi connectivity index (χ4n) is 2.43. The average Bonchev–Trinajstić information content (AvgIpc) is 2.25. The van der Waals surface area contributed by atoms with Crippen molar-refractivity contribution in [3.63, 3.8) is 0 Å². The van der Waals surface area contributed by atoms with E-state index in [9.17, 15) is 0 Å². The zero-order valence-corrected chi connectivity index (χ0v) is 13.2. The predicted molar refractivity (Wildman–Crippen MR) is 84.5 cm³/mol. The Kier molecular flexibility index (Phi) is 3.40. The molecule has 0 aliphatic carbocycles. The lowest BCUT2D eigenvalue weighted by Gasteiger charge is -2.30. The largest absolute Gasteiger partial charge is 0.129 e. The standard InChI is InChI=1S/C17H24S/c1-16(2,3)14-9-12-7-8-18-11-13(12)10-15(14)17(4,5)6/h7,9-11H,8H2,1-6H3. The number of hydrogen-bond donors (Lipinski definition) is 0. The van der Waals surface area contributed by atoms with Crippen LogP contribution in [-0.2, 0) is 10.8 Å². The second kappa shape index (κ2) is 4.45. The number of hydrogen-bond acceptors (Lipinski definition) is 1. The summed E-state index contributed by atoms with van der Waals surface area (Å²) in [6.07, 6.45) is 2.35. The Morgan fingerprint density at radius 3 is 1.83 bits per heavy atom. The Morgan fingerprint density at radius 2 is 1.33 bits per heavy atom. The van der Waals surface area contributed by atoms with Gasteiger partial charge in [-0.2, -0.15) is 0 Å². The summed E-state index contributed by atoms with van der Waals surface area (Å²) < 4.78 is 0. The van der Waals surface area contributed by atoms with Gasteiger partial charge in [0.05, 0.1) is 0 Å². The van der Waals surface area contributed by atoms with Crippen molar-refractivity contribution in [2.75, 3.05) is 5.75 Å². The van der Waals surface area contributed by atoms with Gasteiger partial charge in [0.25, 0.3) is 0 Å². The minimum absolute atomic E-state index is 0.202. The van der Waals surface area contributed by atoms with E-state index in [-0.39, 0.29) is 10.8 Å². The Bertz CT molecular complexity index is 512. The lowest BCUT2D eigenvalue weighted by molar-refractivity contribution is 0.529. The van der Waals surface area contributed by atoms with E-state index in [1.165, 1.54) is 21.6 Å². The quantitative estimate of drug-likeness (QED) is 0.687. The van der Waals surface area contributed by atoms with E-state index in [1.54, 1.807) is 0 Å². The molecule has 0 fully saturated rings. The molecule has 1 heterocycles. The third-order valence-corrected chi connectivity index (χ3v) is 4.23. The molecule has 0 N–H and O–H groups in total. The molecule has 0 saturated heterocycles. The van der Waals surface area contributed by atoms with Crippen molar-refractivity contribution in [1.82, 2.24) is 0 Å². The zero-order chi connectivity index (χ0) is 13.6. The van der Waals surface area contributed by atoms with Crippen LogP contribution >= 0.6 is 11.8 Å². The molecule has 0 saturated carbocycles. The highest BCUT2D eigenvalue weighted by Gasteiger charge is 2.25. The zero-order valence-electron chi connectivity index (χ0n) is 12.4. The molecule has 2 rings (SSSR count). The van der Waals surface area contributed by atoms with Gasteiger partial charge < -0.3 is 0 Å². The van der Waals surface area contributed by atoms with Crippen molar-refractivity contribution in [3.8, 4) is 0 Å². The van der Waals surface area contributed by atoms with E-state index in [2.05, 4.69) is 65.2 Å². The van der Waals surface area contributed by atoms with E-state index >= 15 is 0 Å². The van der Waals surface area contributed by atoms with Crippen molar-refractivity contribution in [2.45, 2.75) is 52.4 Å². The fraction of sp³-hybridized carbons (Fsp3) is 0.529. The Balaban J connectivity index is 2.80. The molecule has 0 spiro atoms. The van der Waals surface area contributed by atoms with Crippen molar-refractivity contribution >= 4 is 23.2 Å². The van der Waals surface area contributed by atoms with Crippen LogP contribution in [-0.4, -0.2) is 5.75 Å². The van der Waals surface area contributed by atoms with E-state index in [1.807, 2.05) is 11.8 Å². The van der Waals surface area contributed by atoms with E-state index < -0.39 is 0 Å². The second-order valence-corrected chi connectivity index (χ2v) is 8.08. The highest BCUT2D eigenvalue weighted by molar-refractivity contribution is 8.06. The number of benzene rings is 1. The summed E-state index contributed by atoms with van der Waals surface area (Å²) >= 11 is 1.89. The summed E-state index contributed by atoms with van der Waals surface area (Å²) in [4.78, 5) is 0. The van der Waals surface area contributed by atoms with Gasteiger partial charge in [0.15, 0.2) is 0 Å². The van der Waals surface area contributed by atoms with E-state index in [0.29, 0.717) is 0 Å². The number of rotatable bonds is 0. The molecule has 1 heteroatoms. The molecule has 0 unspecified atom stereocenters. The Labute approximate surface area is 115 Å². The topological polar surface area (TPSA) is 0 Å². The van der Waals surface area contributed by atoms with Gasteiger partial charge in [-0.25, -0.2) is 0 Å². The van der Waals surface area contributed by atoms with Gasteiger partial charge in [0, 0.05) is 5.75 Å². The lowest BCUT2D eigenvalue weighted by atomic mass is 9.75. The first-order chi connectivity index (χ1) is 8.19. The predicted octanol–water partition coefficient (Wildman–Crippen LogP) is 3.55. The SMILES string of the molecule is CC(C)(C)c1cc2c(cc1C(C)(C)C)=CSCC=2. The molecule has 0 amide bonds. The molecule has 98 valence electrons. The third kappa shape index (κ3) is 2.66. The van der Waals surface area contributed by atoms with Crippen LogP contribution in [0.2, 0.25) is 0 Å². The summed E-state index contributed by atoms with van der Waals surface area (Å²) in [7, 11) is 0. The third-order valence-electron chi connectivity index (χ3n) is 3.45. The Morgan fingerprint density at radius 1 is 0.833 bits per heavy atom. The van der Waals surface area contributed by atoms with Gasteiger partial charge in [-0.15, -0.1) is 11.8 Å². The van der Waals surface area contributed by atoms with Crippen molar-refractivity contribution < 1.29 is 0 Å². The van der Waals surface area contributed by atoms with Crippen molar-refractivity contribution in [2.24, 2.45) is 0 Å². The van der Waals surface area contributed by atoms with Crippen LogP contribution < -0.4 is 10.4 Å². The summed E-state index contributed by atoms with van der Waals surface area (Å²) in [5, 5.41) is 5.10. The molecule has 0 aromatic heterocycles. The molecule has 1 aromatic rings. The molecule has 1 aromatic carbocycles. The van der Waals surface area contributed by atoms with Crippen LogP contribution in [0.25, 0.3) is 11.5 Å². The smallest absolute Gasteiger partial charge is 0.0164 e. The first-order valence-corrected chi connectivity index (χ1v) is 7.71. The van der Waals surface area contributed by atoms with Crippen molar-refractivity contribution in [3.05, 3.63) is 33.7 Å². The highest BCUT2D eigenvalue weighted by atomic mass is 32.2. The van der Waals surface area contributed by atoms with Crippen LogP contribution in [0.4, 0.5) is 0 Å². The highest BCUT2D eigenvalue weighted by Crippen LogP contribution is 2.32. The summed E-state index contributed by atoms with van der Waals surface area (Å²) in [5.74, 6) is 1.10. The first kappa shape index (κ1) is 13.7. The minimum Gasteiger partial charge on any atom is -0.129 e. The normalized spacial score (nSPS) is 15.7. The molecule has 0 bridgehead atoms. The lowest BCUT2D eigenvalue weighted by Crippen LogP contribution is -2.33. The van der Waals surface area contributed by atoms with Gasteiger partial charge in [0.2, 0.25) is 0 Å². The number of fused-ring (bicyclic) bond motifs is 1. The Hall–Kier alpha value is -0.690. The van der Waals surface area contributed by atoms with Crippen LogP contribution in [0, 0.1) is 0 Å². The molecular formula is C17H24S. The average molecular weight is 260 g/mol. The van der Waals surface area contributed by atoms with E-state index in [0.717, 1.165) is 5.75 Å². The van der Waals surface area contributed by atoms with Crippen LogP contribution in [0.5, 0.6) is 0 Å². The molecule has 0 radical (unpaired) electrons. The monoisotopic (exact) mass is 260 g/mol. The maximum atomic E-state index is 2.41. The molecule has 1 aliphatic heterocycles. The molecule has 0 nitrogen and oxygen atoms in total. The van der Waals surface area contributed by atoms with Gasteiger partial charge >= 0.3 is 0 Å². The van der Waals surface area contributed by atoms with Gasteiger partial charge in [-0.3, -0.25) is 0 Å². The maximum absolute atomic E-state index is 2.41. The van der Waals surface area contributed by atoms with Gasteiger partial charge in [0.1, 0.15) is 0 Å². The molecule has 1 aliphatic rings. The van der Waals surface area contributed by atoms with Crippen LogP contribution in [0.15, 0.2) is 12.1 Å². The molecule has 18 heavy (non-hydrogen) atoms.